The Balaban J connectivity index is 1.79. The van der Waals surface area contributed by atoms with E-state index in [9.17, 15) is 19.2 Å². The minimum absolute atomic E-state index is 0.172. The average Bonchev–Trinajstić information content (AvgIpc) is 3.01. The number of carbonyl (C=O) groups excluding carboxylic acids is 3. The predicted molar refractivity (Wildman–Crippen MR) is 97.9 cm³/mol. The van der Waals surface area contributed by atoms with Gasteiger partial charge in [0.2, 0.25) is 0 Å². The van der Waals surface area contributed by atoms with Crippen LogP contribution in [0, 0.1) is 0 Å². The van der Waals surface area contributed by atoms with Gasteiger partial charge in [-0.05, 0) is 38.0 Å². The molecule has 2 aromatic rings. The van der Waals surface area contributed by atoms with Gasteiger partial charge in [-0.15, -0.1) is 0 Å². The normalized spacial score (nSPS) is 16.0. The fraction of sp³-hybridized carbons (Fsp3) is 0.474. The first-order valence-corrected chi connectivity index (χ1v) is 9.01. The van der Waals surface area contributed by atoms with Crippen molar-refractivity contribution in [2.75, 3.05) is 20.2 Å². The summed E-state index contributed by atoms with van der Waals surface area (Å²) in [5, 5.41) is 0. The van der Waals surface area contributed by atoms with E-state index in [2.05, 4.69) is 0 Å². The number of esters is 2. The number of hydrogen-bond donors (Lipinski definition) is 0. The second-order valence-corrected chi connectivity index (χ2v) is 6.72. The molecule has 0 saturated carbocycles. The van der Waals surface area contributed by atoms with Crippen LogP contribution in [0.15, 0.2) is 27.4 Å². The number of hydrogen-bond acceptors (Lipinski definition) is 7. The van der Waals surface area contributed by atoms with E-state index in [0.29, 0.717) is 42.6 Å². The maximum absolute atomic E-state index is 12.4. The fourth-order valence-electron chi connectivity index (χ4n) is 3.53. The first kappa shape index (κ1) is 19.7. The van der Waals surface area contributed by atoms with Crippen molar-refractivity contribution < 1.29 is 28.3 Å². The summed E-state index contributed by atoms with van der Waals surface area (Å²) in [6.07, 6.45) is 0.236. The summed E-state index contributed by atoms with van der Waals surface area (Å²) in [6.45, 7) is 3.64. The minimum atomic E-state index is -0.839. The first-order chi connectivity index (χ1) is 13.3. The SMILES string of the molecule is COC(=O)c1ccc2oc(=O)n(C3CCN(C(=O)[C@H](C)OC(C)=O)CC3)c2c1. The van der Waals surface area contributed by atoms with E-state index in [1.165, 1.54) is 25.5 Å². The third kappa shape index (κ3) is 3.78. The van der Waals surface area contributed by atoms with Gasteiger partial charge >= 0.3 is 17.7 Å². The smallest absolute Gasteiger partial charge is 0.420 e. The molecule has 1 aliphatic heterocycles. The maximum Gasteiger partial charge on any atom is 0.420 e. The molecule has 0 aliphatic carbocycles. The van der Waals surface area contributed by atoms with Crippen LogP contribution < -0.4 is 5.76 Å². The highest BCUT2D eigenvalue weighted by Gasteiger charge is 2.30. The molecule has 1 atom stereocenters. The lowest BCUT2D eigenvalue weighted by atomic mass is 10.0. The zero-order chi connectivity index (χ0) is 20.4. The molecular formula is C19H22N2O7. The summed E-state index contributed by atoms with van der Waals surface area (Å²) < 4.78 is 16.5. The van der Waals surface area contributed by atoms with E-state index >= 15 is 0 Å². The predicted octanol–water partition coefficient (Wildman–Crippen LogP) is 1.50. The molecule has 1 aliphatic rings. The molecular weight excluding hydrogens is 368 g/mol. The molecule has 1 fully saturated rings. The largest absolute Gasteiger partial charge is 0.465 e. The van der Waals surface area contributed by atoms with E-state index in [4.69, 9.17) is 13.9 Å². The van der Waals surface area contributed by atoms with Gasteiger partial charge in [0, 0.05) is 26.1 Å². The van der Waals surface area contributed by atoms with Crippen molar-refractivity contribution in [3.05, 3.63) is 34.3 Å². The Morgan fingerprint density at radius 3 is 2.50 bits per heavy atom. The molecule has 9 nitrogen and oxygen atoms in total. The Hall–Kier alpha value is -3.10. The molecule has 1 amide bonds. The van der Waals surface area contributed by atoms with Crippen LogP contribution in [0.5, 0.6) is 0 Å². The lowest BCUT2D eigenvalue weighted by Gasteiger charge is -2.33. The van der Waals surface area contributed by atoms with E-state index in [1.807, 2.05) is 0 Å². The Morgan fingerprint density at radius 2 is 1.89 bits per heavy atom. The number of carbonyl (C=O) groups is 3. The quantitative estimate of drug-likeness (QED) is 0.728. The number of piperidine rings is 1. The third-order valence-corrected chi connectivity index (χ3v) is 4.87. The molecule has 2 heterocycles. The van der Waals surface area contributed by atoms with Crippen molar-refractivity contribution >= 4 is 28.9 Å². The van der Waals surface area contributed by atoms with Crippen LogP contribution in [0.1, 0.15) is 43.1 Å². The van der Waals surface area contributed by atoms with Gasteiger partial charge in [0.25, 0.3) is 5.91 Å². The number of rotatable bonds is 4. The van der Waals surface area contributed by atoms with Gasteiger partial charge in [0.1, 0.15) is 0 Å². The molecule has 1 saturated heterocycles. The lowest BCUT2D eigenvalue weighted by molar-refractivity contribution is -0.158. The van der Waals surface area contributed by atoms with E-state index in [1.54, 1.807) is 23.1 Å². The number of fused-ring (bicyclic) bond motifs is 1. The van der Waals surface area contributed by atoms with Crippen LogP contribution in [0.2, 0.25) is 0 Å². The molecule has 0 unspecified atom stereocenters. The van der Waals surface area contributed by atoms with Gasteiger partial charge in [-0.25, -0.2) is 9.59 Å². The minimum Gasteiger partial charge on any atom is -0.465 e. The zero-order valence-electron chi connectivity index (χ0n) is 16.0. The monoisotopic (exact) mass is 390 g/mol. The second-order valence-electron chi connectivity index (χ2n) is 6.72. The number of nitrogens with zero attached hydrogens (tertiary/aromatic N) is 2. The Kier molecular flexibility index (Phi) is 5.53. The van der Waals surface area contributed by atoms with Crippen LogP contribution in [-0.4, -0.2) is 53.6 Å². The van der Waals surface area contributed by atoms with Crippen molar-refractivity contribution in [3.8, 4) is 0 Å². The summed E-state index contributed by atoms with van der Waals surface area (Å²) in [7, 11) is 1.29. The van der Waals surface area contributed by atoms with Crippen LogP contribution in [-0.2, 0) is 19.1 Å². The van der Waals surface area contributed by atoms with E-state index < -0.39 is 23.8 Å². The first-order valence-electron chi connectivity index (χ1n) is 9.01. The number of methoxy groups -OCH3 is 1. The summed E-state index contributed by atoms with van der Waals surface area (Å²) in [4.78, 5) is 49.2. The molecule has 3 rings (SSSR count). The molecule has 0 N–H and O–H groups in total. The van der Waals surface area contributed by atoms with Crippen molar-refractivity contribution in [2.45, 2.75) is 38.8 Å². The van der Waals surface area contributed by atoms with Crippen LogP contribution in [0.4, 0.5) is 0 Å². The maximum atomic E-state index is 12.4. The highest BCUT2D eigenvalue weighted by atomic mass is 16.5. The van der Waals surface area contributed by atoms with Crippen LogP contribution >= 0.6 is 0 Å². The van der Waals surface area contributed by atoms with Gasteiger partial charge in [-0.3, -0.25) is 14.2 Å². The molecule has 28 heavy (non-hydrogen) atoms. The van der Waals surface area contributed by atoms with Gasteiger partial charge in [0.05, 0.1) is 18.2 Å². The Morgan fingerprint density at radius 1 is 1.21 bits per heavy atom. The average molecular weight is 390 g/mol. The van der Waals surface area contributed by atoms with Crippen molar-refractivity contribution in [1.82, 2.24) is 9.47 Å². The van der Waals surface area contributed by atoms with Crippen molar-refractivity contribution in [1.29, 1.82) is 0 Å². The number of ether oxygens (including phenoxy) is 2. The van der Waals surface area contributed by atoms with Gasteiger partial charge < -0.3 is 18.8 Å². The molecule has 150 valence electrons. The standard InChI is InChI=1S/C19H22N2O7/c1-11(27-12(2)22)17(23)20-8-6-14(7-9-20)21-15-10-13(18(24)26-3)4-5-16(15)28-19(21)25/h4-5,10-11,14H,6-9H2,1-3H3/t11-/m0/s1. The number of likely N-dealkylation sites (tertiary alicyclic amines) is 1. The second kappa shape index (κ2) is 7.87. The molecule has 0 bridgehead atoms. The number of benzene rings is 1. The molecule has 9 heteroatoms. The van der Waals surface area contributed by atoms with Gasteiger partial charge in [-0.1, -0.05) is 0 Å². The molecule has 1 aromatic heterocycles. The van der Waals surface area contributed by atoms with Crippen LogP contribution in [0.25, 0.3) is 11.1 Å². The number of amides is 1. The lowest BCUT2D eigenvalue weighted by Crippen LogP contribution is -2.45. The van der Waals surface area contributed by atoms with Gasteiger partial charge in [-0.2, -0.15) is 0 Å². The summed E-state index contributed by atoms with van der Waals surface area (Å²) in [5.74, 6) is -1.77. The Bertz CT molecular complexity index is 966. The van der Waals surface area contributed by atoms with E-state index in [-0.39, 0.29) is 11.9 Å². The summed E-state index contributed by atoms with van der Waals surface area (Å²) >= 11 is 0. The van der Waals surface area contributed by atoms with Crippen LogP contribution in [0.3, 0.4) is 0 Å². The molecule has 0 radical (unpaired) electrons. The van der Waals surface area contributed by atoms with Crippen molar-refractivity contribution in [3.63, 3.8) is 0 Å². The summed E-state index contributed by atoms with van der Waals surface area (Å²) in [6, 6.07) is 4.51. The van der Waals surface area contributed by atoms with Gasteiger partial charge in [0.15, 0.2) is 11.7 Å². The topological polar surface area (TPSA) is 108 Å². The summed E-state index contributed by atoms with van der Waals surface area (Å²) in [5.41, 5.74) is 1.23. The molecule has 1 aromatic carbocycles. The number of aromatic nitrogens is 1. The third-order valence-electron chi connectivity index (χ3n) is 4.87. The zero-order valence-corrected chi connectivity index (χ0v) is 16.0. The van der Waals surface area contributed by atoms with E-state index in [0.717, 1.165) is 0 Å². The fourth-order valence-corrected chi connectivity index (χ4v) is 3.53. The van der Waals surface area contributed by atoms with Crippen molar-refractivity contribution in [2.24, 2.45) is 0 Å². The number of oxazole rings is 1. The Labute approximate surface area is 160 Å². The highest BCUT2D eigenvalue weighted by Crippen LogP contribution is 2.27. The highest BCUT2D eigenvalue weighted by molar-refractivity contribution is 5.93. The molecule has 0 spiro atoms.